The highest BCUT2D eigenvalue weighted by Crippen LogP contribution is 2.23. The number of ether oxygens (including phenoxy) is 1. The first kappa shape index (κ1) is 11.6. The number of anilines is 1. The Morgan fingerprint density at radius 2 is 2.44 bits per heavy atom. The average Bonchev–Trinajstić information content (AvgIpc) is 2.75. The second-order valence-corrected chi connectivity index (χ2v) is 4.35. The monoisotopic (exact) mass is 241 g/mol. The molecule has 0 aromatic carbocycles. The van der Waals surface area contributed by atoms with Crippen molar-refractivity contribution in [3.05, 3.63) is 17.5 Å². The van der Waals surface area contributed by atoms with E-state index in [0.29, 0.717) is 11.1 Å². The number of hydrogen-bond donors (Lipinski definition) is 0. The minimum atomic E-state index is 0.498. The highest BCUT2D eigenvalue weighted by molar-refractivity contribution is 6.29. The lowest BCUT2D eigenvalue weighted by Gasteiger charge is -2.17. The van der Waals surface area contributed by atoms with E-state index in [1.807, 2.05) is 13.0 Å². The van der Waals surface area contributed by atoms with Gasteiger partial charge in [-0.25, -0.2) is 9.97 Å². The van der Waals surface area contributed by atoms with Gasteiger partial charge in [0.1, 0.15) is 17.3 Å². The Morgan fingerprint density at radius 3 is 3.19 bits per heavy atom. The molecule has 0 saturated carbocycles. The summed E-state index contributed by atoms with van der Waals surface area (Å²) >= 11 is 5.84. The van der Waals surface area contributed by atoms with E-state index in [1.54, 1.807) is 0 Å². The molecule has 0 spiro atoms. The molecule has 1 aromatic rings. The Hall–Kier alpha value is -0.870. The van der Waals surface area contributed by atoms with Crippen LogP contribution in [-0.4, -0.2) is 36.3 Å². The molecular formula is C11H16ClN3O. The second kappa shape index (κ2) is 5.46. The van der Waals surface area contributed by atoms with Gasteiger partial charge in [0.05, 0.1) is 6.61 Å². The predicted octanol–water partition coefficient (Wildman–Crippen LogP) is 1.99. The average molecular weight is 242 g/mol. The fourth-order valence-electron chi connectivity index (χ4n) is 1.96. The van der Waals surface area contributed by atoms with Gasteiger partial charge in [0, 0.05) is 31.7 Å². The van der Waals surface area contributed by atoms with Gasteiger partial charge in [0.15, 0.2) is 0 Å². The van der Waals surface area contributed by atoms with Crippen molar-refractivity contribution in [3.63, 3.8) is 0 Å². The molecule has 1 aliphatic heterocycles. The molecule has 2 heterocycles. The Morgan fingerprint density at radius 1 is 1.56 bits per heavy atom. The first-order valence-electron chi connectivity index (χ1n) is 5.60. The molecule has 0 N–H and O–H groups in total. The summed E-state index contributed by atoms with van der Waals surface area (Å²) in [6.45, 7) is 5.66. The van der Waals surface area contributed by atoms with Crippen LogP contribution in [0.5, 0.6) is 0 Å². The Labute approximate surface area is 101 Å². The van der Waals surface area contributed by atoms with Crippen molar-refractivity contribution >= 4 is 17.4 Å². The molecule has 4 nitrogen and oxygen atoms in total. The largest absolute Gasteiger partial charge is 0.381 e. The SMILES string of the molecule is CCOC[C@H]1CCN(c2cc(Cl)ncn2)C1. The molecule has 1 aromatic heterocycles. The first-order chi connectivity index (χ1) is 7.79. The van der Waals surface area contributed by atoms with E-state index < -0.39 is 0 Å². The lowest BCUT2D eigenvalue weighted by atomic mass is 10.1. The maximum Gasteiger partial charge on any atom is 0.134 e. The fourth-order valence-corrected chi connectivity index (χ4v) is 2.10. The van der Waals surface area contributed by atoms with Crippen LogP contribution in [0, 0.1) is 5.92 Å². The third kappa shape index (κ3) is 2.83. The molecule has 1 aliphatic rings. The van der Waals surface area contributed by atoms with Gasteiger partial charge in [-0.1, -0.05) is 11.6 Å². The quantitative estimate of drug-likeness (QED) is 0.756. The molecule has 1 saturated heterocycles. The van der Waals surface area contributed by atoms with Crippen LogP contribution < -0.4 is 4.90 Å². The van der Waals surface area contributed by atoms with Crippen molar-refractivity contribution in [1.29, 1.82) is 0 Å². The summed E-state index contributed by atoms with van der Waals surface area (Å²) in [5, 5.41) is 0.498. The van der Waals surface area contributed by atoms with Crippen LogP contribution in [0.2, 0.25) is 5.15 Å². The van der Waals surface area contributed by atoms with Crippen molar-refractivity contribution in [2.45, 2.75) is 13.3 Å². The van der Waals surface area contributed by atoms with Crippen LogP contribution in [0.1, 0.15) is 13.3 Å². The molecular weight excluding hydrogens is 226 g/mol. The maximum atomic E-state index is 5.84. The molecule has 1 fully saturated rings. The van der Waals surface area contributed by atoms with E-state index in [1.165, 1.54) is 6.33 Å². The second-order valence-electron chi connectivity index (χ2n) is 3.96. The Bertz CT molecular complexity index is 348. The van der Waals surface area contributed by atoms with Gasteiger partial charge >= 0.3 is 0 Å². The molecule has 0 unspecified atom stereocenters. The minimum Gasteiger partial charge on any atom is -0.381 e. The van der Waals surface area contributed by atoms with Crippen LogP contribution in [0.4, 0.5) is 5.82 Å². The number of halogens is 1. The molecule has 2 rings (SSSR count). The van der Waals surface area contributed by atoms with Crippen molar-refractivity contribution in [2.24, 2.45) is 5.92 Å². The van der Waals surface area contributed by atoms with E-state index in [0.717, 1.165) is 38.5 Å². The summed E-state index contributed by atoms with van der Waals surface area (Å²) in [7, 11) is 0. The predicted molar refractivity (Wildman–Crippen MR) is 63.9 cm³/mol. The maximum absolute atomic E-state index is 5.84. The van der Waals surface area contributed by atoms with E-state index in [-0.39, 0.29) is 0 Å². The zero-order valence-electron chi connectivity index (χ0n) is 9.40. The summed E-state index contributed by atoms with van der Waals surface area (Å²) in [5.74, 6) is 1.52. The highest BCUT2D eigenvalue weighted by atomic mass is 35.5. The topological polar surface area (TPSA) is 38.2 Å². The summed E-state index contributed by atoms with van der Waals surface area (Å²) in [6.07, 6.45) is 2.66. The smallest absolute Gasteiger partial charge is 0.134 e. The van der Waals surface area contributed by atoms with E-state index >= 15 is 0 Å². The van der Waals surface area contributed by atoms with Gasteiger partial charge in [0.25, 0.3) is 0 Å². The van der Waals surface area contributed by atoms with Crippen LogP contribution in [0.25, 0.3) is 0 Å². The van der Waals surface area contributed by atoms with E-state index in [4.69, 9.17) is 16.3 Å². The molecule has 0 aliphatic carbocycles. The number of hydrogen-bond acceptors (Lipinski definition) is 4. The van der Waals surface area contributed by atoms with Crippen molar-refractivity contribution in [2.75, 3.05) is 31.2 Å². The highest BCUT2D eigenvalue weighted by Gasteiger charge is 2.23. The molecule has 0 amide bonds. The lowest BCUT2D eigenvalue weighted by Crippen LogP contribution is -2.22. The third-order valence-corrected chi connectivity index (χ3v) is 2.99. The lowest BCUT2D eigenvalue weighted by molar-refractivity contribution is 0.117. The Balaban J connectivity index is 1.93. The van der Waals surface area contributed by atoms with Gasteiger partial charge in [-0.05, 0) is 13.3 Å². The van der Waals surface area contributed by atoms with Crippen LogP contribution in [0.15, 0.2) is 12.4 Å². The summed E-state index contributed by atoms with van der Waals surface area (Å²) in [5.41, 5.74) is 0. The standard InChI is InChI=1S/C11H16ClN3O/c1-2-16-7-9-3-4-15(6-9)11-5-10(12)13-8-14-11/h5,8-9H,2-4,6-7H2,1H3/t9-/m0/s1. The summed E-state index contributed by atoms with van der Waals surface area (Å²) in [4.78, 5) is 10.3. The van der Waals surface area contributed by atoms with Crippen molar-refractivity contribution in [3.8, 4) is 0 Å². The van der Waals surface area contributed by atoms with E-state index in [2.05, 4.69) is 14.9 Å². The van der Waals surface area contributed by atoms with Crippen molar-refractivity contribution in [1.82, 2.24) is 9.97 Å². The number of nitrogens with zero attached hydrogens (tertiary/aromatic N) is 3. The zero-order chi connectivity index (χ0) is 11.4. The molecule has 0 bridgehead atoms. The molecule has 5 heteroatoms. The van der Waals surface area contributed by atoms with Crippen molar-refractivity contribution < 1.29 is 4.74 Å². The summed E-state index contributed by atoms with van der Waals surface area (Å²) in [6, 6.07) is 1.81. The van der Waals surface area contributed by atoms with Crippen LogP contribution >= 0.6 is 11.6 Å². The van der Waals surface area contributed by atoms with Crippen LogP contribution in [-0.2, 0) is 4.74 Å². The Kier molecular flexibility index (Phi) is 3.96. The van der Waals surface area contributed by atoms with Gasteiger partial charge in [0.2, 0.25) is 0 Å². The number of rotatable bonds is 4. The molecule has 1 atom stereocenters. The molecule has 16 heavy (non-hydrogen) atoms. The third-order valence-electron chi connectivity index (χ3n) is 2.79. The molecule has 0 radical (unpaired) electrons. The molecule has 88 valence electrons. The fraction of sp³-hybridized carbons (Fsp3) is 0.636. The normalized spacial score (nSPS) is 20.4. The van der Waals surface area contributed by atoms with Gasteiger partial charge in [-0.2, -0.15) is 0 Å². The summed E-state index contributed by atoms with van der Waals surface area (Å²) < 4.78 is 5.44. The van der Waals surface area contributed by atoms with Gasteiger partial charge in [-0.3, -0.25) is 0 Å². The minimum absolute atomic E-state index is 0.498. The first-order valence-corrected chi connectivity index (χ1v) is 5.97. The zero-order valence-corrected chi connectivity index (χ0v) is 10.2. The number of aromatic nitrogens is 2. The van der Waals surface area contributed by atoms with Gasteiger partial charge in [-0.15, -0.1) is 0 Å². The van der Waals surface area contributed by atoms with E-state index in [9.17, 15) is 0 Å². The van der Waals surface area contributed by atoms with Crippen LogP contribution in [0.3, 0.4) is 0 Å². The van der Waals surface area contributed by atoms with Gasteiger partial charge < -0.3 is 9.64 Å².